The molecule has 0 radical (unpaired) electrons. The highest BCUT2D eigenvalue weighted by atomic mass is 35.7. The zero-order chi connectivity index (χ0) is 14.8. The van der Waals surface area contributed by atoms with E-state index in [-0.39, 0.29) is 16.5 Å². The Labute approximate surface area is 126 Å². The van der Waals surface area contributed by atoms with Crippen LogP contribution in [0, 0.1) is 6.92 Å². The Kier molecular flexibility index (Phi) is 4.52. The average Bonchev–Trinajstić information content (AvgIpc) is 2.36. The summed E-state index contributed by atoms with van der Waals surface area (Å²) < 4.78 is 27.9. The smallest absolute Gasteiger partial charge is 0.261 e. The summed E-state index contributed by atoms with van der Waals surface area (Å²) >= 11 is 5.96. The Morgan fingerprint density at radius 2 is 2.00 bits per heavy atom. The van der Waals surface area contributed by atoms with Gasteiger partial charge in [0, 0.05) is 16.4 Å². The van der Waals surface area contributed by atoms with Crippen LogP contribution in [-0.4, -0.2) is 13.4 Å². The molecule has 0 aliphatic rings. The Morgan fingerprint density at radius 3 is 2.60 bits per heavy atom. The van der Waals surface area contributed by atoms with Gasteiger partial charge in [0.25, 0.3) is 9.05 Å². The van der Waals surface area contributed by atoms with Gasteiger partial charge in [0.1, 0.15) is 12.4 Å². The molecular formula is C13H11Cl2NO3S. The van der Waals surface area contributed by atoms with Crippen LogP contribution in [0.15, 0.2) is 41.3 Å². The van der Waals surface area contributed by atoms with Crippen LogP contribution in [0.3, 0.4) is 0 Å². The van der Waals surface area contributed by atoms with Gasteiger partial charge in [-0.25, -0.2) is 8.42 Å². The SMILES string of the molecule is Cc1cccc(COc2ccc(S(=O)(=O)Cl)cc2Cl)n1. The first-order valence-corrected chi connectivity index (χ1v) is 8.34. The number of benzene rings is 1. The van der Waals surface area contributed by atoms with Crippen molar-refractivity contribution in [1.29, 1.82) is 0 Å². The van der Waals surface area contributed by atoms with Crippen LogP contribution in [0.25, 0.3) is 0 Å². The van der Waals surface area contributed by atoms with Gasteiger partial charge in [0.05, 0.1) is 15.6 Å². The zero-order valence-electron chi connectivity index (χ0n) is 10.5. The molecule has 1 aromatic carbocycles. The summed E-state index contributed by atoms with van der Waals surface area (Å²) in [6.45, 7) is 2.13. The van der Waals surface area contributed by atoms with E-state index in [2.05, 4.69) is 4.98 Å². The predicted octanol–water partition coefficient (Wildman–Crippen LogP) is 3.55. The fraction of sp³-hybridized carbons (Fsp3) is 0.154. The molecular weight excluding hydrogens is 321 g/mol. The maximum absolute atomic E-state index is 11.2. The highest BCUT2D eigenvalue weighted by Gasteiger charge is 2.13. The van der Waals surface area contributed by atoms with Crippen molar-refractivity contribution in [1.82, 2.24) is 4.98 Å². The molecule has 0 spiro atoms. The Balaban J connectivity index is 2.15. The lowest BCUT2D eigenvalue weighted by atomic mass is 10.3. The number of pyridine rings is 1. The van der Waals surface area contributed by atoms with Crippen molar-refractivity contribution in [2.45, 2.75) is 18.4 Å². The van der Waals surface area contributed by atoms with Crippen molar-refractivity contribution in [3.8, 4) is 5.75 Å². The van der Waals surface area contributed by atoms with E-state index in [1.54, 1.807) is 0 Å². The summed E-state index contributed by atoms with van der Waals surface area (Å²) in [7, 11) is 1.44. The quantitative estimate of drug-likeness (QED) is 0.804. The lowest BCUT2D eigenvalue weighted by Gasteiger charge is -2.08. The zero-order valence-corrected chi connectivity index (χ0v) is 12.8. The van der Waals surface area contributed by atoms with Crippen LogP contribution in [-0.2, 0) is 15.7 Å². The molecule has 0 N–H and O–H groups in total. The van der Waals surface area contributed by atoms with Gasteiger partial charge in [-0.2, -0.15) is 0 Å². The van der Waals surface area contributed by atoms with Crippen LogP contribution in [0.2, 0.25) is 5.02 Å². The van der Waals surface area contributed by atoms with E-state index in [4.69, 9.17) is 27.0 Å². The van der Waals surface area contributed by atoms with Gasteiger partial charge in [-0.05, 0) is 37.3 Å². The number of rotatable bonds is 4. The lowest BCUT2D eigenvalue weighted by Crippen LogP contribution is -2.00. The first-order chi connectivity index (χ1) is 9.36. The Morgan fingerprint density at radius 1 is 1.25 bits per heavy atom. The predicted molar refractivity (Wildman–Crippen MR) is 77.8 cm³/mol. The lowest BCUT2D eigenvalue weighted by molar-refractivity contribution is 0.301. The van der Waals surface area contributed by atoms with Crippen molar-refractivity contribution in [3.63, 3.8) is 0 Å². The topological polar surface area (TPSA) is 56.3 Å². The third-order valence-electron chi connectivity index (χ3n) is 2.51. The Bertz CT molecular complexity index is 732. The largest absolute Gasteiger partial charge is 0.486 e. The summed E-state index contributed by atoms with van der Waals surface area (Å²) in [5.74, 6) is 0.374. The highest BCUT2D eigenvalue weighted by molar-refractivity contribution is 8.13. The molecule has 0 saturated heterocycles. The molecule has 0 aliphatic heterocycles. The maximum Gasteiger partial charge on any atom is 0.261 e. The monoisotopic (exact) mass is 331 g/mol. The van der Waals surface area contributed by atoms with Gasteiger partial charge in [0.15, 0.2) is 0 Å². The van der Waals surface area contributed by atoms with E-state index in [1.165, 1.54) is 18.2 Å². The number of aryl methyl sites for hydroxylation is 1. The number of hydrogen-bond acceptors (Lipinski definition) is 4. The van der Waals surface area contributed by atoms with Gasteiger partial charge in [-0.15, -0.1) is 0 Å². The Hall–Kier alpha value is -1.30. The van der Waals surface area contributed by atoms with E-state index in [1.807, 2.05) is 25.1 Å². The van der Waals surface area contributed by atoms with Crippen molar-refractivity contribution in [2.24, 2.45) is 0 Å². The van der Waals surface area contributed by atoms with Gasteiger partial charge >= 0.3 is 0 Å². The minimum Gasteiger partial charge on any atom is -0.486 e. The minimum absolute atomic E-state index is 0.0646. The van der Waals surface area contributed by atoms with Gasteiger partial charge in [-0.1, -0.05) is 17.7 Å². The maximum atomic E-state index is 11.2. The average molecular weight is 332 g/mol. The number of aromatic nitrogens is 1. The second kappa shape index (κ2) is 5.99. The van der Waals surface area contributed by atoms with Crippen LogP contribution in [0.5, 0.6) is 5.75 Å². The second-order valence-electron chi connectivity index (χ2n) is 4.09. The number of ether oxygens (including phenoxy) is 1. The summed E-state index contributed by atoms with van der Waals surface area (Å²) in [6, 6.07) is 9.66. The summed E-state index contributed by atoms with van der Waals surface area (Å²) in [5.41, 5.74) is 1.65. The highest BCUT2D eigenvalue weighted by Crippen LogP contribution is 2.29. The summed E-state index contributed by atoms with van der Waals surface area (Å²) in [6.07, 6.45) is 0. The van der Waals surface area contributed by atoms with E-state index < -0.39 is 9.05 Å². The number of halogens is 2. The normalized spacial score (nSPS) is 11.3. The van der Waals surface area contributed by atoms with Crippen LogP contribution < -0.4 is 4.74 Å². The number of nitrogens with zero attached hydrogens (tertiary/aromatic N) is 1. The first-order valence-electron chi connectivity index (χ1n) is 5.66. The third kappa shape index (κ3) is 3.85. The first kappa shape index (κ1) is 15.1. The van der Waals surface area contributed by atoms with Crippen molar-refractivity contribution in [2.75, 3.05) is 0 Å². The summed E-state index contributed by atoms with van der Waals surface area (Å²) in [4.78, 5) is 4.23. The fourth-order valence-corrected chi connectivity index (χ4v) is 2.66. The van der Waals surface area contributed by atoms with Gasteiger partial charge < -0.3 is 4.74 Å². The molecule has 2 rings (SSSR count). The molecule has 0 bridgehead atoms. The van der Waals surface area contributed by atoms with Crippen molar-refractivity contribution >= 4 is 31.3 Å². The van der Waals surface area contributed by atoms with Gasteiger partial charge in [-0.3, -0.25) is 4.98 Å². The summed E-state index contributed by atoms with van der Waals surface area (Å²) in [5, 5.41) is 0.180. The molecule has 0 unspecified atom stereocenters. The molecule has 0 aliphatic carbocycles. The van der Waals surface area contributed by atoms with E-state index in [0.717, 1.165) is 11.4 Å². The molecule has 4 nitrogen and oxygen atoms in total. The van der Waals surface area contributed by atoms with Crippen LogP contribution in [0.4, 0.5) is 0 Å². The molecule has 106 valence electrons. The molecule has 7 heteroatoms. The van der Waals surface area contributed by atoms with Crippen molar-refractivity contribution in [3.05, 3.63) is 52.8 Å². The van der Waals surface area contributed by atoms with Crippen molar-refractivity contribution < 1.29 is 13.2 Å². The molecule has 1 heterocycles. The minimum atomic E-state index is -3.79. The second-order valence-corrected chi connectivity index (χ2v) is 7.06. The molecule has 0 fully saturated rings. The van der Waals surface area contributed by atoms with E-state index >= 15 is 0 Å². The number of hydrogen-bond donors (Lipinski definition) is 0. The molecule has 0 amide bonds. The standard InChI is InChI=1S/C13H11Cl2NO3S/c1-9-3-2-4-10(16-9)8-19-13-6-5-11(7-12(13)14)20(15,17)18/h2-7H,8H2,1H3. The molecule has 0 atom stereocenters. The van der Waals surface area contributed by atoms with E-state index in [9.17, 15) is 8.42 Å². The molecule has 2 aromatic rings. The van der Waals surface area contributed by atoms with Crippen LogP contribution >= 0.6 is 22.3 Å². The molecule has 20 heavy (non-hydrogen) atoms. The molecule has 0 saturated carbocycles. The molecule has 1 aromatic heterocycles. The third-order valence-corrected chi connectivity index (χ3v) is 4.15. The van der Waals surface area contributed by atoms with Gasteiger partial charge in [0.2, 0.25) is 0 Å². The fourth-order valence-electron chi connectivity index (χ4n) is 1.58. The van der Waals surface area contributed by atoms with E-state index in [0.29, 0.717) is 5.75 Å². The van der Waals surface area contributed by atoms with Crippen LogP contribution in [0.1, 0.15) is 11.4 Å².